The van der Waals surface area contributed by atoms with E-state index < -0.39 is 5.25 Å². The highest BCUT2D eigenvalue weighted by Gasteiger charge is 2.25. The lowest BCUT2D eigenvalue weighted by molar-refractivity contribution is -0.115. The van der Waals surface area contributed by atoms with Crippen LogP contribution < -0.4 is 5.32 Å². The number of thioether (sulfide) groups is 1. The van der Waals surface area contributed by atoms with Crippen molar-refractivity contribution in [2.24, 2.45) is 0 Å². The van der Waals surface area contributed by atoms with Gasteiger partial charge in [0.1, 0.15) is 27.2 Å². The maximum atomic E-state index is 13.1. The second-order valence-electron chi connectivity index (χ2n) is 6.36. The molecule has 4 rings (SSSR count). The van der Waals surface area contributed by atoms with Crippen LogP contribution in [-0.2, 0) is 4.79 Å². The number of aryl methyl sites for hydroxylation is 3. The van der Waals surface area contributed by atoms with Crippen molar-refractivity contribution in [1.29, 1.82) is 0 Å². The van der Waals surface area contributed by atoms with Crippen LogP contribution in [0.4, 0.5) is 5.82 Å². The summed E-state index contributed by atoms with van der Waals surface area (Å²) in [5, 5.41) is 8.03. The van der Waals surface area contributed by atoms with Gasteiger partial charge in [-0.1, -0.05) is 47.3 Å². The van der Waals surface area contributed by atoms with Crippen LogP contribution in [0, 0.1) is 20.8 Å². The fraction of sp³-hybridized carbons (Fsp3) is 0.200. The van der Waals surface area contributed by atoms with Gasteiger partial charge in [-0.15, -0.1) is 11.3 Å². The average molecular weight is 411 g/mol. The summed E-state index contributed by atoms with van der Waals surface area (Å²) in [5.74, 6) is 0.862. The van der Waals surface area contributed by atoms with Gasteiger partial charge in [0, 0.05) is 16.3 Å². The van der Waals surface area contributed by atoms with E-state index in [0.29, 0.717) is 11.6 Å². The molecule has 4 aromatic rings. The van der Waals surface area contributed by atoms with E-state index in [0.717, 1.165) is 26.4 Å². The number of aromatic nitrogens is 3. The van der Waals surface area contributed by atoms with Crippen LogP contribution in [0.15, 0.2) is 52.3 Å². The van der Waals surface area contributed by atoms with Crippen molar-refractivity contribution >= 4 is 45.0 Å². The van der Waals surface area contributed by atoms with Crippen molar-refractivity contribution in [3.8, 4) is 0 Å². The maximum Gasteiger partial charge on any atom is 0.243 e. The molecule has 1 N–H and O–H groups in total. The summed E-state index contributed by atoms with van der Waals surface area (Å²) in [6.45, 7) is 5.92. The Morgan fingerprint density at radius 2 is 1.96 bits per heavy atom. The maximum absolute atomic E-state index is 13.1. The van der Waals surface area contributed by atoms with Crippen LogP contribution in [0.1, 0.15) is 27.0 Å². The molecular weight excluding hydrogens is 392 g/mol. The Balaban J connectivity index is 1.71. The zero-order chi connectivity index (χ0) is 19.7. The number of hydrogen-bond donors (Lipinski definition) is 1. The summed E-state index contributed by atoms with van der Waals surface area (Å²) in [4.78, 5) is 24.1. The van der Waals surface area contributed by atoms with Gasteiger partial charge in [0.2, 0.25) is 5.91 Å². The molecule has 6 nitrogen and oxygen atoms in total. The molecule has 0 fully saturated rings. The average Bonchev–Trinajstić information content (AvgIpc) is 3.23. The van der Waals surface area contributed by atoms with Crippen LogP contribution in [0.25, 0.3) is 10.2 Å². The van der Waals surface area contributed by atoms with Gasteiger partial charge in [0.05, 0.1) is 0 Å². The molecule has 0 bridgehead atoms. The molecule has 0 aliphatic heterocycles. The number of carbonyl (C=O) groups is 1. The predicted molar refractivity (Wildman–Crippen MR) is 112 cm³/mol. The van der Waals surface area contributed by atoms with Crippen molar-refractivity contribution < 1.29 is 9.32 Å². The molecule has 3 heterocycles. The van der Waals surface area contributed by atoms with Gasteiger partial charge < -0.3 is 9.84 Å². The molecule has 0 saturated heterocycles. The second kappa shape index (κ2) is 7.73. The molecule has 28 heavy (non-hydrogen) atoms. The topological polar surface area (TPSA) is 80.9 Å². The molecule has 1 atom stereocenters. The van der Waals surface area contributed by atoms with E-state index in [1.165, 1.54) is 16.6 Å². The summed E-state index contributed by atoms with van der Waals surface area (Å²) in [7, 11) is 0. The number of rotatable bonds is 5. The molecule has 142 valence electrons. The minimum atomic E-state index is -0.490. The van der Waals surface area contributed by atoms with Crippen LogP contribution in [0.3, 0.4) is 0 Å². The molecule has 0 saturated carbocycles. The van der Waals surface area contributed by atoms with Gasteiger partial charge in [-0.25, -0.2) is 9.97 Å². The van der Waals surface area contributed by atoms with E-state index in [1.54, 1.807) is 30.7 Å². The third-order valence-electron chi connectivity index (χ3n) is 4.38. The van der Waals surface area contributed by atoms with E-state index in [1.807, 2.05) is 30.3 Å². The van der Waals surface area contributed by atoms with Crippen molar-refractivity contribution in [2.45, 2.75) is 31.0 Å². The third kappa shape index (κ3) is 3.65. The monoisotopic (exact) mass is 410 g/mol. The molecule has 8 heteroatoms. The van der Waals surface area contributed by atoms with Crippen LogP contribution in [0.5, 0.6) is 0 Å². The second-order valence-corrected chi connectivity index (χ2v) is 8.66. The Bertz CT molecular complexity index is 1140. The Hall–Kier alpha value is -2.71. The molecule has 0 aliphatic carbocycles. The van der Waals surface area contributed by atoms with Gasteiger partial charge in [0.25, 0.3) is 0 Å². The molecule has 1 aromatic carbocycles. The van der Waals surface area contributed by atoms with Crippen molar-refractivity contribution in [3.63, 3.8) is 0 Å². The fourth-order valence-corrected chi connectivity index (χ4v) is 5.09. The van der Waals surface area contributed by atoms with Crippen LogP contribution in [0.2, 0.25) is 0 Å². The lowest BCUT2D eigenvalue weighted by Gasteiger charge is -2.16. The van der Waals surface area contributed by atoms with Gasteiger partial charge >= 0.3 is 0 Å². The summed E-state index contributed by atoms with van der Waals surface area (Å²) in [6, 6.07) is 11.3. The number of amides is 1. The van der Waals surface area contributed by atoms with Gasteiger partial charge in [0.15, 0.2) is 5.82 Å². The molecule has 0 unspecified atom stereocenters. The zero-order valence-electron chi connectivity index (χ0n) is 15.6. The minimum absolute atomic E-state index is 0.180. The Labute approximate surface area is 170 Å². The minimum Gasteiger partial charge on any atom is -0.360 e. The lowest BCUT2D eigenvalue weighted by Crippen LogP contribution is -2.19. The van der Waals surface area contributed by atoms with E-state index in [9.17, 15) is 4.79 Å². The van der Waals surface area contributed by atoms with Gasteiger partial charge in [-0.3, -0.25) is 4.79 Å². The van der Waals surface area contributed by atoms with Crippen molar-refractivity contribution in [2.75, 3.05) is 5.32 Å². The quantitative estimate of drug-likeness (QED) is 0.365. The Morgan fingerprint density at radius 1 is 1.18 bits per heavy atom. The number of nitrogens with zero attached hydrogens (tertiary/aromatic N) is 3. The molecule has 0 spiro atoms. The molecule has 0 aliphatic rings. The SMILES string of the molecule is Cc1cc(NC(=O)[C@H](Sc2ncnc3sc(C)c(C)c23)c2ccccc2)no1. The van der Waals surface area contributed by atoms with Crippen LogP contribution in [-0.4, -0.2) is 21.0 Å². The summed E-state index contributed by atoms with van der Waals surface area (Å²) in [6.07, 6.45) is 1.56. The smallest absolute Gasteiger partial charge is 0.243 e. The predicted octanol–water partition coefficient (Wildman–Crippen LogP) is 5.08. The van der Waals surface area contributed by atoms with Crippen LogP contribution >= 0.6 is 23.1 Å². The first-order valence-corrected chi connectivity index (χ1v) is 10.4. The van der Waals surface area contributed by atoms with E-state index in [2.05, 4.69) is 34.3 Å². The number of anilines is 1. The zero-order valence-corrected chi connectivity index (χ0v) is 17.2. The molecular formula is C20H18N4O2S2. The molecule has 3 aromatic heterocycles. The number of nitrogens with one attached hydrogen (secondary N) is 1. The van der Waals surface area contributed by atoms with Gasteiger partial charge in [-0.05, 0) is 31.9 Å². The third-order valence-corrected chi connectivity index (χ3v) is 6.75. The number of thiophene rings is 1. The van der Waals surface area contributed by atoms with E-state index in [4.69, 9.17) is 4.52 Å². The fourth-order valence-electron chi connectivity index (χ4n) is 2.87. The first-order valence-electron chi connectivity index (χ1n) is 8.69. The molecule has 1 amide bonds. The highest BCUT2D eigenvalue weighted by atomic mass is 32.2. The highest BCUT2D eigenvalue weighted by Crippen LogP contribution is 2.41. The standard InChI is InChI=1S/C20H18N4O2S2/c1-11-9-15(24-26-11)23-18(25)17(14-7-5-4-6-8-14)28-20-16-12(2)13(3)27-19(16)21-10-22-20/h4-10,17H,1-3H3,(H,23,24,25)/t17-/m1/s1. The first-order chi connectivity index (χ1) is 13.5. The summed E-state index contributed by atoms with van der Waals surface area (Å²) >= 11 is 3.06. The molecule has 0 radical (unpaired) electrons. The summed E-state index contributed by atoms with van der Waals surface area (Å²) in [5.41, 5.74) is 2.05. The lowest BCUT2D eigenvalue weighted by atomic mass is 10.1. The van der Waals surface area contributed by atoms with Crippen molar-refractivity contribution in [3.05, 3.63) is 64.5 Å². The Morgan fingerprint density at radius 3 is 2.68 bits per heavy atom. The largest absolute Gasteiger partial charge is 0.360 e. The van der Waals surface area contributed by atoms with E-state index >= 15 is 0 Å². The Kier molecular flexibility index (Phi) is 5.15. The van der Waals surface area contributed by atoms with Crippen molar-refractivity contribution in [1.82, 2.24) is 15.1 Å². The number of fused-ring (bicyclic) bond motifs is 1. The normalized spacial score (nSPS) is 12.2. The number of hydrogen-bond acceptors (Lipinski definition) is 7. The van der Waals surface area contributed by atoms with E-state index in [-0.39, 0.29) is 5.91 Å². The van der Waals surface area contributed by atoms with Gasteiger partial charge in [-0.2, -0.15) is 0 Å². The highest BCUT2D eigenvalue weighted by molar-refractivity contribution is 8.00. The number of carbonyl (C=O) groups excluding carboxylic acids is 1. The number of benzene rings is 1. The first kappa shape index (κ1) is 18.6. The summed E-state index contributed by atoms with van der Waals surface area (Å²) < 4.78 is 5.05.